The summed E-state index contributed by atoms with van der Waals surface area (Å²) in [5, 5.41) is 2.88. The monoisotopic (exact) mass is 490 g/mol. The van der Waals surface area contributed by atoms with Crippen LogP contribution in [0.4, 0.5) is 8.78 Å². The van der Waals surface area contributed by atoms with Crippen LogP contribution >= 0.6 is 0 Å². The van der Waals surface area contributed by atoms with Crippen molar-refractivity contribution in [1.82, 2.24) is 10.2 Å². The highest BCUT2D eigenvalue weighted by Crippen LogP contribution is 2.48. The number of sulfone groups is 1. The zero-order valence-corrected chi connectivity index (χ0v) is 19.2. The minimum atomic E-state index is -3.50. The molecule has 10 heteroatoms. The van der Waals surface area contributed by atoms with E-state index in [0.29, 0.717) is 19.6 Å². The zero-order chi connectivity index (χ0) is 24.2. The number of hydrogen-bond donors (Lipinski definition) is 1. The van der Waals surface area contributed by atoms with Crippen molar-refractivity contribution in [2.24, 2.45) is 11.8 Å². The predicted octanol–water partition coefficient (Wildman–Crippen LogP) is 2.48. The molecule has 0 bridgehead atoms. The third-order valence-corrected chi connectivity index (χ3v) is 7.99. The quantitative estimate of drug-likeness (QED) is 0.672. The van der Waals surface area contributed by atoms with Crippen LogP contribution in [0, 0.1) is 23.5 Å². The van der Waals surface area contributed by atoms with Gasteiger partial charge in [-0.15, -0.1) is 0 Å². The highest BCUT2D eigenvalue weighted by atomic mass is 32.2. The van der Waals surface area contributed by atoms with E-state index in [4.69, 9.17) is 4.74 Å². The van der Waals surface area contributed by atoms with Gasteiger partial charge >= 0.3 is 0 Å². The molecule has 34 heavy (non-hydrogen) atoms. The van der Waals surface area contributed by atoms with Crippen molar-refractivity contribution in [3.05, 3.63) is 65.2 Å². The lowest BCUT2D eigenvalue weighted by Crippen LogP contribution is -2.51. The summed E-state index contributed by atoms with van der Waals surface area (Å²) >= 11 is 0. The summed E-state index contributed by atoms with van der Waals surface area (Å²) < 4.78 is 57.0. The maximum atomic E-state index is 14.5. The van der Waals surface area contributed by atoms with Crippen LogP contribution in [-0.4, -0.2) is 56.7 Å². The molecular formula is C24H24F2N2O5S. The van der Waals surface area contributed by atoms with Crippen molar-refractivity contribution in [3.63, 3.8) is 0 Å². The van der Waals surface area contributed by atoms with Gasteiger partial charge in [0, 0.05) is 35.4 Å². The Labute approximate surface area is 196 Å². The summed E-state index contributed by atoms with van der Waals surface area (Å²) in [4.78, 5) is 28.3. The van der Waals surface area contributed by atoms with Gasteiger partial charge in [-0.3, -0.25) is 9.59 Å². The van der Waals surface area contributed by atoms with Crippen LogP contribution < -0.4 is 5.32 Å². The molecule has 3 aliphatic rings. The number of benzene rings is 2. The topological polar surface area (TPSA) is 92.8 Å². The Hall–Kier alpha value is -2.85. The van der Waals surface area contributed by atoms with E-state index in [2.05, 4.69) is 5.32 Å². The number of nitrogens with one attached hydrogen (secondary N) is 1. The van der Waals surface area contributed by atoms with E-state index >= 15 is 0 Å². The zero-order valence-electron chi connectivity index (χ0n) is 18.4. The van der Waals surface area contributed by atoms with E-state index < -0.39 is 45.4 Å². The number of carbonyl (C=O) groups is 2. The molecule has 5 rings (SSSR count). The van der Waals surface area contributed by atoms with Crippen LogP contribution in [0.2, 0.25) is 0 Å². The van der Waals surface area contributed by atoms with Gasteiger partial charge in [0.2, 0.25) is 5.91 Å². The molecule has 1 aliphatic carbocycles. The van der Waals surface area contributed by atoms with Crippen molar-refractivity contribution >= 4 is 21.7 Å². The van der Waals surface area contributed by atoms with Gasteiger partial charge in [0.15, 0.2) is 9.84 Å². The Bertz CT molecular complexity index is 1260. The van der Waals surface area contributed by atoms with Crippen molar-refractivity contribution in [3.8, 4) is 0 Å². The van der Waals surface area contributed by atoms with Gasteiger partial charge in [-0.1, -0.05) is 12.1 Å². The van der Waals surface area contributed by atoms with Crippen LogP contribution in [0.5, 0.6) is 0 Å². The lowest BCUT2D eigenvalue weighted by atomic mass is 9.90. The molecule has 2 saturated heterocycles. The Kier molecular flexibility index (Phi) is 5.68. The molecule has 3 fully saturated rings. The van der Waals surface area contributed by atoms with Crippen molar-refractivity contribution in [1.29, 1.82) is 0 Å². The molecule has 0 unspecified atom stereocenters. The summed E-state index contributed by atoms with van der Waals surface area (Å²) in [7, 11) is -3.50. The van der Waals surface area contributed by atoms with Gasteiger partial charge in [0.1, 0.15) is 17.7 Å². The molecule has 0 aromatic heterocycles. The number of halogens is 2. The van der Waals surface area contributed by atoms with Crippen LogP contribution in [0.25, 0.3) is 0 Å². The van der Waals surface area contributed by atoms with E-state index in [9.17, 15) is 26.8 Å². The van der Waals surface area contributed by atoms with Crippen molar-refractivity contribution < 1.29 is 31.5 Å². The van der Waals surface area contributed by atoms with Gasteiger partial charge in [0.05, 0.1) is 24.2 Å². The first kappa shape index (κ1) is 22.9. The molecule has 1 saturated carbocycles. The van der Waals surface area contributed by atoms with Gasteiger partial charge in [0.25, 0.3) is 5.91 Å². The van der Waals surface area contributed by atoms with Crippen molar-refractivity contribution in [2.45, 2.75) is 35.9 Å². The number of ether oxygens (including phenoxy) is 1. The molecule has 0 spiro atoms. The number of hydrogen-bond acceptors (Lipinski definition) is 5. The van der Waals surface area contributed by atoms with Crippen LogP contribution in [0.1, 0.15) is 34.8 Å². The Morgan fingerprint density at radius 2 is 1.88 bits per heavy atom. The van der Waals surface area contributed by atoms with Crippen molar-refractivity contribution in [2.75, 3.05) is 19.5 Å². The van der Waals surface area contributed by atoms with E-state index in [-0.39, 0.29) is 33.9 Å². The smallest absolute Gasteiger partial charge is 0.254 e. The molecule has 7 nitrogen and oxygen atoms in total. The fourth-order valence-corrected chi connectivity index (χ4v) is 5.56. The number of carbonyl (C=O) groups excluding carboxylic acids is 2. The maximum Gasteiger partial charge on any atom is 0.254 e. The molecule has 2 aromatic rings. The fourth-order valence-electron chi connectivity index (χ4n) is 4.89. The maximum absolute atomic E-state index is 14.5. The Balaban J connectivity index is 1.39. The summed E-state index contributed by atoms with van der Waals surface area (Å²) in [6.45, 7) is 0.664. The highest BCUT2D eigenvalue weighted by molar-refractivity contribution is 7.90. The van der Waals surface area contributed by atoms with Crippen LogP contribution in [0.3, 0.4) is 0 Å². The largest absolute Gasteiger partial charge is 0.381 e. The minimum Gasteiger partial charge on any atom is -0.381 e. The highest BCUT2D eigenvalue weighted by Gasteiger charge is 2.56. The van der Waals surface area contributed by atoms with E-state index in [0.717, 1.165) is 24.8 Å². The number of nitrogens with zero attached hydrogens (tertiary/aromatic N) is 1. The molecule has 4 atom stereocenters. The standard InChI is InChI=1S/C24H24F2N2O5S/c1-34(31,32)17-4-2-3-13(7-17)24(30)28-20-8-14(20)9-21(28)23(29)27-22(15-11-33-12-15)18-6-5-16(25)10-19(18)26/h2-7,10,14-15,20-22H,8-9,11-12H2,1H3,(H,27,29)/t14-,20-,21-,22-/m1/s1. The van der Waals surface area contributed by atoms with Gasteiger partial charge in [-0.2, -0.15) is 0 Å². The number of likely N-dealkylation sites (tertiary alicyclic amines) is 1. The first-order chi connectivity index (χ1) is 16.1. The number of rotatable bonds is 6. The normalized spacial score (nSPS) is 24.8. The molecule has 2 amide bonds. The van der Waals surface area contributed by atoms with E-state index in [1.807, 2.05) is 0 Å². The number of amides is 2. The van der Waals surface area contributed by atoms with E-state index in [1.54, 1.807) is 0 Å². The SMILES string of the molecule is CS(=O)(=O)c1cccc(C(=O)N2[C@@H](C(=O)N[C@@H](c3ccc(F)cc3F)C3COC3)C[C@H]3C[C@H]32)c1. The molecule has 0 radical (unpaired) electrons. The summed E-state index contributed by atoms with van der Waals surface area (Å²) in [6.07, 6.45) is 2.33. The minimum absolute atomic E-state index is 0.0303. The first-order valence-electron chi connectivity index (χ1n) is 11.1. The fraction of sp³-hybridized carbons (Fsp3) is 0.417. The molecule has 180 valence electrons. The average molecular weight is 491 g/mol. The third kappa shape index (κ3) is 4.20. The Morgan fingerprint density at radius 3 is 2.53 bits per heavy atom. The summed E-state index contributed by atoms with van der Waals surface area (Å²) in [6, 6.07) is 7.46. The first-order valence-corrected chi connectivity index (χ1v) is 13.0. The second-order valence-corrected chi connectivity index (χ2v) is 11.3. The summed E-state index contributed by atoms with van der Waals surface area (Å²) in [5.41, 5.74) is 0.367. The second-order valence-electron chi connectivity index (χ2n) is 9.28. The van der Waals surface area contributed by atoms with Gasteiger partial charge in [-0.05, 0) is 43.0 Å². The number of piperidine rings is 1. The van der Waals surface area contributed by atoms with Gasteiger partial charge < -0.3 is 15.0 Å². The average Bonchev–Trinajstić information content (AvgIpc) is 3.40. The van der Waals surface area contributed by atoms with E-state index in [1.165, 1.54) is 35.2 Å². The third-order valence-electron chi connectivity index (χ3n) is 6.88. The predicted molar refractivity (Wildman–Crippen MR) is 118 cm³/mol. The molecule has 1 N–H and O–H groups in total. The number of fused-ring (bicyclic) bond motifs is 1. The van der Waals surface area contributed by atoms with Crippen LogP contribution in [0.15, 0.2) is 47.4 Å². The second kappa shape index (κ2) is 8.42. The molecule has 2 aromatic carbocycles. The molecule has 2 heterocycles. The molecule has 2 aliphatic heterocycles. The lowest BCUT2D eigenvalue weighted by Gasteiger charge is -2.36. The summed E-state index contributed by atoms with van der Waals surface area (Å²) in [5.74, 6) is -2.26. The lowest BCUT2D eigenvalue weighted by molar-refractivity contribution is -0.128. The Morgan fingerprint density at radius 1 is 1.12 bits per heavy atom. The van der Waals surface area contributed by atoms with Crippen LogP contribution in [-0.2, 0) is 19.4 Å². The molecular weight excluding hydrogens is 466 g/mol. The van der Waals surface area contributed by atoms with Gasteiger partial charge in [-0.25, -0.2) is 17.2 Å².